The third kappa shape index (κ3) is 2.86. The molecule has 2 unspecified atom stereocenters. The number of alkyl halides is 2. The number of halogens is 2. The summed E-state index contributed by atoms with van der Waals surface area (Å²) in [6.07, 6.45) is 0.549. The van der Waals surface area contributed by atoms with Crippen molar-refractivity contribution in [3.8, 4) is 0 Å². The predicted molar refractivity (Wildman–Crippen MR) is 48.5 cm³/mol. The first-order valence-corrected chi connectivity index (χ1v) is 5.98. The van der Waals surface area contributed by atoms with Gasteiger partial charge in [-0.25, -0.2) is 13.1 Å². The van der Waals surface area contributed by atoms with Gasteiger partial charge in [0.1, 0.15) is 0 Å². The second-order valence-electron chi connectivity index (χ2n) is 3.50. The number of piperidine rings is 1. The molecule has 1 saturated heterocycles. The lowest BCUT2D eigenvalue weighted by Crippen LogP contribution is -2.49. The summed E-state index contributed by atoms with van der Waals surface area (Å²) in [5.41, 5.74) is 0. The van der Waals surface area contributed by atoms with Gasteiger partial charge < -0.3 is 5.32 Å². The van der Waals surface area contributed by atoms with Crippen LogP contribution in [0.1, 0.15) is 13.3 Å². The molecular weight excluding hydrogens is 214 g/mol. The highest BCUT2D eigenvalue weighted by molar-refractivity contribution is 7.89. The Morgan fingerprint density at radius 2 is 2.14 bits per heavy atom. The molecule has 14 heavy (non-hydrogen) atoms. The van der Waals surface area contributed by atoms with Gasteiger partial charge in [-0.05, 0) is 25.4 Å². The van der Waals surface area contributed by atoms with Gasteiger partial charge in [0, 0.05) is 6.04 Å². The van der Waals surface area contributed by atoms with Crippen molar-refractivity contribution in [2.75, 3.05) is 13.1 Å². The van der Waals surface area contributed by atoms with Crippen molar-refractivity contribution in [1.82, 2.24) is 10.0 Å². The van der Waals surface area contributed by atoms with E-state index in [2.05, 4.69) is 5.32 Å². The Hall–Kier alpha value is -0.270. The summed E-state index contributed by atoms with van der Waals surface area (Å²) in [5, 5.41) is 3.06. The summed E-state index contributed by atoms with van der Waals surface area (Å²) in [7, 11) is -4.44. The van der Waals surface area contributed by atoms with Gasteiger partial charge in [-0.15, -0.1) is 0 Å². The summed E-state index contributed by atoms with van der Waals surface area (Å²) >= 11 is 0. The quantitative estimate of drug-likeness (QED) is 0.721. The lowest BCUT2D eigenvalue weighted by Gasteiger charge is -2.29. The maximum absolute atomic E-state index is 12.0. The van der Waals surface area contributed by atoms with Gasteiger partial charge in [-0.3, -0.25) is 0 Å². The van der Waals surface area contributed by atoms with Crippen LogP contribution in [0.5, 0.6) is 0 Å². The minimum absolute atomic E-state index is 0.0391. The van der Waals surface area contributed by atoms with E-state index in [0.717, 1.165) is 0 Å². The molecule has 1 heterocycles. The average Bonchev–Trinajstić information content (AvgIpc) is 2.08. The van der Waals surface area contributed by atoms with Crippen molar-refractivity contribution >= 4 is 10.0 Å². The summed E-state index contributed by atoms with van der Waals surface area (Å²) in [6, 6.07) is -0.379. The van der Waals surface area contributed by atoms with E-state index in [0.29, 0.717) is 19.5 Å². The molecule has 1 fully saturated rings. The Kier molecular flexibility index (Phi) is 3.79. The monoisotopic (exact) mass is 228 g/mol. The van der Waals surface area contributed by atoms with Crippen LogP contribution in [0.4, 0.5) is 8.78 Å². The fourth-order valence-corrected chi connectivity index (χ4v) is 2.33. The topological polar surface area (TPSA) is 58.2 Å². The van der Waals surface area contributed by atoms with Crippen LogP contribution in [0.3, 0.4) is 0 Å². The Labute approximate surface area is 82.1 Å². The summed E-state index contributed by atoms with van der Waals surface area (Å²) < 4.78 is 47.8. The van der Waals surface area contributed by atoms with E-state index in [4.69, 9.17) is 0 Å². The third-order valence-corrected chi connectivity index (χ3v) is 3.44. The second kappa shape index (κ2) is 4.50. The molecule has 0 bridgehead atoms. The van der Waals surface area contributed by atoms with Gasteiger partial charge in [0.2, 0.25) is 0 Å². The molecule has 7 heteroatoms. The van der Waals surface area contributed by atoms with E-state index in [1.165, 1.54) is 0 Å². The van der Waals surface area contributed by atoms with Gasteiger partial charge in [0.25, 0.3) is 10.0 Å². The highest BCUT2D eigenvalue weighted by Gasteiger charge is 2.30. The van der Waals surface area contributed by atoms with Crippen LogP contribution in [0.25, 0.3) is 0 Å². The van der Waals surface area contributed by atoms with Crippen LogP contribution in [0.2, 0.25) is 0 Å². The molecule has 0 aromatic rings. The van der Waals surface area contributed by atoms with Gasteiger partial charge >= 0.3 is 5.76 Å². The largest absolute Gasteiger partial charge is 0.350 e. The molecule has 0 spiro atoms. The number of rotatable bonds is 3. The van der Waals surface area contributed by atoms with E-state index >= 15 is 0 Å². The van der Waals surface area contributed by atoms with Crippen LogP contribution < -0.4 is 10.0 Å². The van der Waals surface area contributed by atoms with Crippen molar-refractivity contribution in [3.63, 3.8) is 0 Å². The number of nitrogens with one attached hydrogen (secondary N) is 2. The maximum Gasteiger partial charge on any atom is 0.350 e. The lowest BCUT2D eigenvalue weighted by molar-refractivity contribution is 0.227. The molecule has 0 aliphatic carbocycles. The lowest BCUT2D eigenvalue weighted by atomic mass is 9.97. The fourth-order valence-electron chi connectivity index (χ4n) is 1.45. The van der Waals surface area contributed by atoms with Gasteiger partial charge in [-0.1, -0.05) is 6.92 Å². The molecule has 0 amide bonds. The first kappa shape index (κ1) is 11.8. The number of hydrogen-bond acceptors (Lipinski definition) is 3. The summed E-state index contributed by atoms with van der Waals surface area (Å²) in [6.45, 7) is 3.13. The van der Waals surface area contributed by atoms with Gasteiger partial charge in [-0.2, -0.15) is 8.78 Å². The first-order valence-electron chi connectivity index (χ1n) is 4.43. The van der Waals surface area contributed by atoms with Crippen LogP contribution in [0, 0.1) is 5.92 Å². The highest BCUT2D eigenvalue weighted by atomic mass is 32.2. The van der Waals surface area contributed by atoms with E-state index < -0.39 is 15.8 Å². The average molecular weight is 228 g/mol. The van der Waals surface area contributed by atoms with Crippen LogP contribution >= 0.6 is 0 Å². The molecule has 84 valence electrons. The predicted octanol–water partition coefficient (Wildman–Crippen LogP) is 0.126. The second-order valence-corrected chi connectivity index (χ2v) is 5.18. The molecule has 1 rings (SSSR count). The number of hydrogen-bond donors (Lipinski definition) is 2. The molecule has 0 aromatic carbocycles. The van der Waals surface area contributed by atoms with Crippen molar-refractivity contribution < 1.29 is 17.2 Å². The summed E-state index contributed by atoms with van der Waals surface area (Å²) in [5.74, 6) is -3.30. The van der Waals surface area contributed by atoms with Gasteiger partial charge in [0.15, 0.2) is 0 Å². The molecule has 1 aliphatic rings. The highest BCUT2D eigenvalue weighted by Crippen LogP contribution is 2.13. The van der Waals surface area contributed by atoms with Crippen molar-refractivity contribution in [3.05, 3.63) is 0 Å². The Morgan fingerprint density at radius 1 is 1.50 bits per heavy atom. The SMILES string of the molecule is CC1CNCCC1NS(=O)(=O)C(F)F. The van der Waals surface area contributed by atoms with Crippen LogP contribution in [-0.2, 0) is 10.0 Å². The smallest absolute Gasteiger partial charge is 0.316 e. The maximum atomic E-state index is 12.0. The minimum Gasteiger partial charge on any atom is -0.316 e. The normalized spacial score (nSPS) is 29.4. The van der Waals surface area contributed by atoms with E-state index in [1.54, 1.807) is 0 Å². The number of sulfonamides is 1. The van der Waals surface area contributed by atoms with Crippen LogP contribution in [-0.4, -0.2) is 33.3 Å². The molecule has 4 nitrogen and oxygen atoms in total. The molecule has 1 aliphatic heterocycles. The van der Waals surface area contributed by atoms with Crippen molar-refractivity contribution in [1.29, 1.82) is 0 Å². The Bertz CT molecular complexity index is 281. The first-order chi connectivity index (χ1) is 6.43. The van der Waals surface area contributed by atoms with Gasteiger partial charge in [0.05, 0.1) is 0 Å². The standard InChI is InChI=1S/C7H14F2N2O2S/c1-5-4-10-3-2-6(5)11-14(12,13)7(8)9/h5-7,10-11H,2-4H2,1H3. The zero-order valence-electron chi connectivity index (χ0n) is 7.83. The minimum atomic E-state index is -4.44. The zero-order valence-corrected chi connectivity index (χ0v) is 8.65. The summed E-state index contributed by atoms with van der Waals surface area (Å²) in [4.78, 5) is 0. The Morgan fingerprint density at radius 3 is 2.64 bits per heavy atom. The zero-order chi connectivity index (χ0) is 10.8. The molecule has 2 N–H and O–H groups in total. The van der Waals surface area contributed by atoms with Crippen molar-refractivity contribution in [2.45, 2.75) is 25.1 Å². The third-order valence-electron chi connectivity index (χ3n) is 2.34. The molecular formula is C7H14F2N2O2S. The molecule has 0 radical (unpaired) electrons. The van der Waals surface area contributed by atoms with E-state index in [-0.39, 0.29) is 12.0 Å². The van der Waals surface area contributed by atoms with E-state index in [1.807, 2.05) is 11.6 Å². The molecule has 0 aromatic heterocycles. The van der Waals surface area contributed by atoms with Crippen LogP contribution in [0.15, 0.2) is 0 Å². The van der Waals surface area contributed by atoms with E-state index in [9.17, 15) is 17.2 Å². The Balaban J connectivity index is 2.58. The van der Waals surface area contributed by atoms with Crippen molar-refractivity contribution in [2.24, 2.45) is 5.92 Å². The molecule has 0 saturated carbocycles. The fraction of sp³-hybridized carbons (Fsp3) is 1.00. The molecule has 2 atom stereocenters.